The normalized spacial score (nSPS) is 19.0. The van der Waals surface area contributed by atoms with Crippen molar-refractivity contribution in [2.75, 3.05) is 14.2 Å². The lowest BCUT2D eigenvalue weighted by Gasteiger charge is -2.13. The second-order valence-corrected chi connectivity index (χ2v) is 5.02. The van der Waals surface area contributed by atoms with Gasteiger partial charge >= 0.3 is 11.9 Å². The van der Waals surface area contributed by atoms with Gasteiger partial charge in [0.2, 0.25) is 6.10 Å². The summed E-state index contributed by atoms with van der Waals surface area (Å²) in [6, 6.07) is 8.66. The lowest BCUT2D eigenvalue weighted by atomic mass is 9.93. The molecule has 1 aliphatic heterocycles. The molecule has 130 valence electrons. The summed E-state index contributed by atoms with van der Waals surface area (Å²) in [6.45, 7) is 0. The van der Waals surface area contributed by atoms with Crippen LogP contribution in [0.5, 0.6) is 0 Å². The van der Waals surface area contributed by atoms with E-state index < -0.39 is 24.0 Å². The summed E-state index contributed by atoms with van der Waals surface area (Å²) >= 11 is 0. The van der Waals surface area contributed by atoms with Gasteiger partial charge in [0.05, 0.1) is 14.2 Å². The lowest BCUT2D eigenvalue weighted by Crippen LogP contribution is -2.42. The summed E-state index contributed by atoms with van der Waals surface area (Å²) in [5.74, 6) is -2.93. The van der Waals surface area contributed by atoms with E-state index in [9.17, 15) is 14.8 Å². The van der Waals surface area contributed by atoms with Crippen LogP contribution in [0.15, 0.2) is 40.1 Å². The molecule has 0 fully saturated rings. The zero-order valence-corrected chi connectivity index (χ0v) is 13.2. The van der Waals surface area contributed by atoms with Crippen LogP contribution in [0.3, 0.4) is 0 Å². The number of hydrogen-bond acceptors (Lipinski definition) is 9. The Bertz CT molecular complexity index is 831. The summed E-state index contributed by atoms with van der Waals surface area (Å²) in [5.41, 5.74) is 0.436. The minimum absolute atomic E-state index is 0.0973. The van der Waals surface area contributed by atoms with E-state index in [1.807, 2.05) is 0 Å². The van der Waals surface area contributed by atoms with E-state index in [0.29, 0.717) is 5.56 Å². The van der Waals surface area contributed by atoms with Gasteiger partial charge in [-0.05, 0) is 4.90 Å². The second-order valence-electron chi connectivity index (χ2n) is 5.02. The van der Waals surface area contributed by atoms with Crippen molar-refractivity contribution < 1.29 is 33.4 Å². The zero-order valence-electron chi connectivity index (χ0n) is 13.2. The number of carbonyl (C=O) groups excluding carboxylic acids is 2. The molecule has 0 bridgehead atoms. The van der Waals surface area contributed by atoms with Crippen molar-refractivity contribution in [1.29, 1.82) is 0 Å². The number of esters is 2. The summed E-state index contributed by atoms with van der Waals surface area (Å²) in [6.07, 6.45) is -1.37. The number of benzene rings is 1. The third-order valence-corrected chi connectivity index (χ3v) is 3.65. The Balaban J connectivity index is 2.08. The number of oxime groups is 1. The fraction of sp³-hybridized carbons (Fsp3) is 0.267. The maximum absolute atomic E-state index is 12.2. The SMILES string of the molecule is COC(=O)[C@H]1C(c2c(-c3ccccc3)no[n+]2[O-])=NO[C@@H]1C(=O)OC. The topological polar surface area (TPSA) is 127 Å². The number of rotatable bonds is 4. The fourth-order valence-corrected chi connectivity index (χ4v) is 2.47. The molecule has 0 saturated heterocycles. The van der Waals surface area contributed by atoms with E-state index in [-0.39, 0.29) is 22.0 Å². The van der Waals surface area contributed by atoms with E-state index in [0.717, 1.165) is 14.2 Å². The third-order valence-electron chi connectivity index (χ3n) is 3.65. The number of aromatic nitrogens is 2. The van der Waals surface area contributed by atoms with Crippen LogP contribution in [-0.2, 0) is 23.9 Å². The molecule has 1 aliphatic rings. The Kier molecular flexibility index (Phi) is 4.33. The Hall–Kier alpha value is -3.43. The molecular weight excluding hydrogens is 334 g/mol. The average Bonchev–Trinajstić information content (AvgIpc) is 3.24. The molecule has 10 nitrogen and oxygen atoms in total. The Morgan fingerprint density at radius 2 is 1.84 bits per heavy atom. The molecule has 0 N–H and O–H groups in total. The molecule has 0 spiro atoms. The molecule has 2 atom stereocenters. The largest absolute Gasteiger partial charge is 0.468 e. The highest BCUT2D eigenvalue weighted by Gasteiger charge is 2.50. The van der Waals surface area contributed by atoms with Crippen LogP contribution in [0.1, 0.15) is 5.69 Å². The highest BCUT2D eigenvalue weighted by Crippen LogP contribution is 2.29. The Labute approximate surface area is 141 Å². The van der Waals surface area contributed by atoms with E-state index >= 15 is 0 Å². The van der Waals surface area contributed by atoms with Crippen LogP contribution in [0.25, 0.3) is 11.3 Å². The molecule has 1 aromatic heterocycles. The van der Waals surface area contributed by atoms with Crippen LogP contribution >= 0.6 is 0 Å². The molecular formula is C15H13N3O7. The standard InChI is InChI=1S/C15H13N3O7/c1-22-14(19)9-11(16-24-13(9)15(20)23-2)12-10(17-25-18(12)21)8-6-4-3-5-7-8/h3-7,9,13H,1-2H3/t9-,13-/m0/s1. The number of ether oxygens (including phenoxy) is 2. The first-order chi connectivity index (χ1) is 12.1. The third kappa shape index (κ3) is 2.77. The van der Waals surface area contributed by atoms with E-state index in [2.05, 4.69) is 19.7 Å². The van der Waals surface area contributed by atoms with Gasteiger partial charge in [-0.3, -0.25) is 9.42 Å². The van der Waals surface area contributed by atoms with Gasteiger partial charge < -0.3 is 19.5 Å². The summed E-state index contributed by atoms with van der Waals surface area (Å²) in [5, 5.41) is 19.5. The van der Waals surface area contributed by atoms with Crippen molar-refractivity contribution in [3.05, 3.63) is 41.2 Å². The molecule has 0 amide bonds. The molecule has 2 heterocycles. The van der Waals surface area contributed by atoms with Gasteiger partial charge in [0.25, 0.3) is 11.4 Å². The monoisotopic (exact) mass is 347 g/mol. The van der Waals surface area contributed by atoms with Crippen LogP contribution < -0.4 is 4.90 Å². The Morgan fingerprint density at radius 1 is 1.16 bits per heavy atom. The molecule has 0 unspecified atom stereocenters. The highest BCUT2D eigenvalue weighted by atomic mass is 16.8. The first kappa shape index (κ1) is 16.4. The van der Waals surface area contributed by atoms with Gasteiger partial charge in [-0.2, -0.15) is 0 Å². The smallest absolute Gasteiger partial charge is 0.351 e. The average molecular weight is 347 g/mol. The number of methoxy groups -OCH3 is 2. The van der Waals surface area contributed by atoms with E-state index in [1.165, 1.54) is 0 Å². The quantitative estimate of drug-likeness (QED) is 0.560. The van der Waals surface area contributed by atoms with Crippen LogP contribution in [0, 0.1) is 11.1 Å². The number of carbonyl (C=O) groups is 2. The van der Waals surface area contributed by atoms with Gasteiger partial charge in [0.15, 0.2) is 11.6 Å². The van der Waals surface area contributed by atoms with Gasteiger partial charge in [-0.25, -0.2) is 4.79 Å². The van der Waals surface area contributed by atoms with Crippen LogP contribution in [0.2, 0.25) is 0 Å². The fourth-order valence-electron chi connectivity index (χ4n) is 2.47. The summed E-state index contributed by atoms with van der Waals surface area (Å²) < 4.78 is 14.0. The van der Waals surface area contributed by atoms with Crippen molar-refractivity contribution in [1.82, 2.24) is 5.16 Å². The molecule has 0 radical (unpaired) electrons. The van der Waals surface area contributed by atoms with Crippen molar-refractivity contribution >= 4 is 17.7 Å². The predicted molar refractivity (Wildman–Crippen MR) is 79.8 cm³/mol. The van der Waals surface area contributed by atoms with Crippen molar-refractivity contribution in [2.24, 2.45) is 11.1 Å². The number of nitrogens with zero attached hydrogens (tertiary/aromatic N) is 3. The van der Waals surface area contributed by atoms with Crippen molar-refractivity contribution in [3.8, 4) is 11.3 Å². The lowest BCUT2D eigenvalue weighted by molar-refractivity contribution is -0.803. The zero-order chi connectivity index (χ0) is 18.0. The van der Waals surface area contributed by atoms with Crippen LogP contribution in [0.4, 0.5) is 0 Å². The first-order valence-electron chi connectivity index (χ1n) is 7.13. The van der Waals surface area contributed by atoms with Crippen molar-refractivity contribution in [2.45, 2.75) is 6.10 Å². The maximum atomic E-state index is 12.2. The summed E-state index contributed by atoms with van der Waals surface area (Å²) in [4.78, 5) is 29.1. The van der Waals surface area contributed by atoms with Gasteiger partial charge in [0, 0.05) is 10.7 Å². The van der Waals surface area contributed by atoms with E-state index in [1.54, 1.807) is 30.3 Å². The molecule has 1 aromatic carbocycles. The van der Waals surface area contributed by atoms with Gasteiger partial charge in [-0.15, -0.1) is 0 Å². The molecule has 10 heteroatoms. The highest BCUT2D eigenvalue weighted by molar-refractivity contribution is 6.15. The number of hydrogen-bond donors (Lipinski definition) is 0. The van der Waals surface area contributed by atoms with E-state index in [4.69, 9.17) is 9.57 Å². The summed E-state index contributed by atoms with van der Waals surface area (Å²) in [7, 11) is 2.28. The first-order valence-corrected chi connectivity index (χ1v) is 7.13. The van der Waals surface area contributed by atoms with Crippen LogP contribution in [-0.4, -0.2) is 43.1 Å². The minimum atomic E-state index is -1.37. The molecule has 3 rings (SSSR count). The maximum Gasteiger partial charge on any atom is 0.351 e. The molecule has 0 saturated carbocycles. The predicted octanol–water partition coefficient (Wildman–Crippen LogP) is 0.0401. The molecule has 0 aliphatic carbocycles. The van der Waals surface area contributed by atoms with Gasteiger partial charge in [0.1, 0.15) is 0 Å². The van der Waals surface area contributed by atoms with Gasteiger partial charge in [-0.1, -0.05) is 35.5 Å². The second kappa shape index (κ2) is 6.59. The van der Waals surface area contributed by atoms with Crippen molar-refractivity contribution in [3.63, 3.8) is 0 Å². The molecule has 2 aromatic rings. The molecule has 25 heavy (non-hydrogen) atoms. The Morgan fingerprint density at radius 3 is 2.48 bits per heavy atom. The minimum Gasteiger partial charge on any atom is -0.468 e.